The predicted molar refractivity (Wildman–Crippen MR) is 66.8 cm³/mol. The lowest BCUT2D eigenvalue weighted by Crippen LogP contribution is -2.28. The standard InChI is InChI=1S/C14H21NO/c1-11(15-13-7-3-4-8-13)12-6-5-9-14(10-12)16-2/h5-6,9-11,13,15H,3-4,7-8H2,1-2H3/t11-/m0/s1. The van der Waals surface area contributed by atoms with E-state index in [1.54, 1.807) is 7.11 Å². The van der Waals surface area contributed by atoms with Crippen LogP contribution < -0.4 is 10.1 Å². The van der Waals surface area contributed by atoms with Crippen molar-refractivity contribution < 1.29 is 4.74 Å². The fourth-order valence-electron chi connectivity index (χ4n) is 2.45. The topological polar surface area (TPSA) is 21.3 Å². The minimum Gasteiger partial charge on any atom is -0.497 e. The van der Waals surface area contributed by atoms with Crippen molar-refractivity contribution in [2.45, 2.75) is 44.7 Å². The fourth-order valence-corrected chi connectivity index (χ4v) is 2.45. The Kier molecular flexibility index (Phi) is 3.83. The van der Waals surface area contributed by atoms with E-state index < -0.39 is 0 Å². The third-order valence-electron chi connectivity index (χ3n) is 3.43. The van der Waals surface area contributed by atoms with Gasteiger partial charge in [-0.2, -0.15) is 0 Å². The first-order valence-electron chi connectivity index (χ1n) is 6.19. The first-order chi connectivity index (χ1) is 7.79. The number of methoxy groups -OCH3 is 1. The molecule has 0 bridgehead atoms. The second-order valence-electron chi connectivity index (χ2n) is 4.65. The molecule has 2 nitrogen and oxygen atoms in total. The molecule has 1 atom stereocenters. The first kappa shape index (κ1) is 11.5. The largest absolute Gasteiger partial charge is 0.497 e. The second kappa shape index (κ2) is 5.35. The maximum atomic E-state index is 5.25. The van der Waals surface area contributed by atoms with Crippen LogP contribution in [-0.4, -0.2) is 13.2 Å². The van der Waals surface area contributed by atoms with Crippen molar-refractivity contribution >= 4 is 0 Å². The summed E-state index contributed by atoms with van der Waals surface area (Å²) in [6.07, 6.45) is 5.41. The normalized spacial score (nSPS) is 18.6. The smallest absolute Gasteiger partial charge is 0.119 e. The molecular weight excluding hydrogens is 198 g/mol. The van der Waals surface area contributed by atoms with Crippen LogP contribution in [0.5, 0.6) is 5.75 Å². The van der Waals surface area contributed by atoms with Crippen LogP contribution in [0, 0.1) is 0 Å². The molecule has 1 fully saturated rings. The molecule has 1 saturated carbocycles. The fraction of sp³-hybridized carbons (Fsp3) is 0.571. The summed E-state index contributed by atoms with van der Waals surface area (Å²) in [4.78, 5) is 0. The third kappa shape index (κ3) is 2.76. The van der Waals surface area contributed by atoms with Crippen LogP contribution in [0.25, 0.3) is 0 Å². The monoisotopic (exact) mass is 219 g/mol. The van der Waals surface area contributed by atoms with Gasteiger partial charge in [-0.25, -0.2) is 0 Å². The van der Waals surface area contributed by atoms with Gasteiger partial charge in [-0.05, 0) is 37.5 Å². The highest BCUT2D eigenvalue weighted by Crippen LogP contribution is 2.23. The van der Waals surface area contributed by atoms with E-state index in [1.807, 2.05) is 6.07 Å². The average molecular weight is 219 g/mol. The number of ether oxygens (including phenoxy) is 1. The zero-order valence-corrected chi connectivity index (χ0v) is 10.2. The molecule has 1 aromatic carbocycles. The molecule has 1 N–H and O–H groups in total. The Hall–Kier alpha value is -1.02. The molecular formula is C14H21NO. The van der Waals surface area contributed by atoms with Gasteiger partial charge in [0.2, 0.25) is 0 Å². The third-order valence-corrected chi connectivity index (χ3v) is 3.43. The van der Waals surface area contributed by atoms with E-state index >= 15 is 0 Å². The van der Waals surface area contributed by atoms with E-state index in [-0.39, 0.29) is 0 Å². The maximum Gasteiger partial charge on any atom is 0.119 e. The molecule has 1 aromatic rings. The Balaban J connectivity index is 1.98. The highest BCUT2D eigenvalue weighted by Gasteiger charge is 2.17. The Morgan fingerprint density at radius 1 is 1.31 bits per heavy atom. The van der Waals surface area contributed by atoms with Crippen molar-refractivity contribution in [2.24, 2.45) is 0 Å². The number of nitrogens with one attached hydrogen (secondary N) is 1. The zero-order valence-electron chi connectivity index (χ0n) is 10.2. The van der Waals surface area contributed by atoms with Gasteiger partial charge in [0, 0.05) is 12.1 Å². The summed E-state index contributed by atoms with van der Waals surface area (Å²) in [5.74, 6) is 0.942. The Bertz CT molecular complexity index is 331. The minimum absolute atomic E-state index is 0.415. The van der Waals surface area contributed by atoms with E-state index in [2.05, 4.69) is 30.4 Å². The first-order valence-corrected chi connectivity index (χ1v) is 6.19. The molecule has 0 radical (unpaired) electrons. The van der Waals surface area contributed by atoms with Crippen molar-refractivity contribution in [1.82, 2.24) is 5.32 Å². The van der Waals surface area contributed by atoms with Crippen LogP contribution in [0.3, 0.4) is 0 Å². The summed E-state index contributed by atoms with van der Waals surface area (Å²) in [5, 5.41) is 3.69. The summed E-state index contributed by atoms with van der Waals surface area (Å²) < 4.78 is 5.25. The van der Waals surface area contributed by atoms with E-state index in [0.29, 0.717) is 12.1 Å². The molecule has 0 unspecified atom stereocenters. The van der Waals surface area contributed by atoms with Crippen LogP contribution in [-0.2, 0) is 0 Å². The molecule has 2 rings (SSSR count). The van der Waals surface area contributed by atoms with Gasteiger partial charge in [0.25, 0.3) is 0 Å². The molecule has 0 heterocycles. The molecule has 2 heteroatoms. The van der Waals surface area contributed by atoms with Gasteiger partial charge in [0.1, 0.15) is 5.75 Å². The van der Waals surface area contributed by atoms with Gasteiger partial charge in [0.15, 0.2) is 0 Å². The van der Waals surface area contributed by atoms with E-state index in [4.69, 9.17) is 4.74 Å². The highest BCUT2D eigenvalue weighted by molar-refractivity contribution is 5.30. The maximum absolute atomic E-state index is 5.25. The molecule has 0 spiro atoms. The number of hydrogen-bond acceptors (Lipinski definition) is 2. The van der Waals surface area contributed by atoms with Crippen LogP contribution in [0.2, 0.25) is 0 Å². The highest BCUT2D eigenvalue weighted by atomic mass is 16.5. The molecule has 0 saturated heterocycles. The van der Waals surface area contributed by atoms with Crippen molar-refractivity contribution in [3.05, 3.63) is 29.8 Å². The molecule has 16 heavy (non-hydrogen) atoms. The van der Waals surface area contributed by atoms with Crippen molar-refractivity contribution in [3.63, 3.8) is 0 Å². The van der Waals surface area contributed by atoms with Crippen LogP contribution in [0.1, 0.15) is 44.2 Å². The SMILES string of the molecule is COc1cccc([C@H](C)NC2CCCC2)c1. The van der Waals surface area contributed by atoms with Gasteiger partial charge in [-0.3, -0.25) is 0 Å². The van der Waals surface area contributed by atoms with Gasteiger partial charge < -0.3 is 10.1 Å². The lowest BCUT2D eigenvalue weighted by molar-refractivity contribution is 0.411. The molecule has 1 aliphatic rings. The van der Waals surface area contributed by atoms with Crippen LogP contribution in [0.4, 0.5) is 0 Å². The van der Waals surface area contributed by atoms with E-state index in [9.17, 15) is 0 Å². The summed E-state index contributed by atoms with van der Waals surface area (Å²) in [6, 6.07) is 9.45. The molecule has 0 aromatic heterocycles. The molecule has 0 aliphatic heterocycles. The number of hydrogen-bond donors (Lipinski definition) is 1. The summed E-state index contributed by atoms with van der Waals surface area (Å²) >= 11 is 0. The van der Waals surface area contributed by atoms with Gasteiger partial charge >= 0.3 is 0 Å². The summed E-state index contributed by atoms with van der Waals surface area (Å²) in [7, 11) is 1.72. The van der Waals surface area contributed by atoms with Crippen molar-refractivity contribution in [2.75, 3.05) is 7.11 Å². The van der Waals surface area contributed by atoms with Crippen molar-refractivity contribution in [3.8, 4) is 5.75 Å². The van der Waals surface area contributed by atoms with Crippen LogP contribution >= 0.6 is 0 Å². The number of benzene rings is 1. The van der Waals surface area contributed by atoms with E-state index in [1.165, 1.54) is 31.2 Å². The molecule has 88 valence electrons. The van der Waals surface area contributed by atoms with Crippen molar-refractivity contribution in [1.29, 1.82) is 0 Å². The van der Waals surface area contributed by atoms with Gasteiger partial charge in [-0.15, -0.1) is 0 Å². The Morgan fingerprint density at radius 2 is 2.06 bits per heavy atom. The quantitative estimate of drug-likeness (QED) is 0.839. The lowest BCUT2D eigenvalue weighted by Gasteiger charge is -2.19. The average Bonchev–Trinajstić information content (AvgIpc) is 2.82. The minimum atomic E-state index is 0.415. The Labute approximate surface area is 98.0 Å². The molecule has 0 amide bonds. The van der Waals surface area contributed by atoms with Crippen LogP contribution in [0.15, 0.2) is 24.3 Å². The lowest BCUT2D eigenvalue weighted by atomic mass is 10.1. The Morgan fingerprint density at radius 3 is 2.75 bits per heavy atom. The number of rotatable bonds is 4. The van der Waals surface area contributed by atoms with Gasteiger partial charge in [-0.1, -0.05) is 25.0 Å². The summed E-state index contributed by atoms with van der Waals surface area (Å²) in [6.45, 7) is 2.23. The van der Waals surface area contributed by atoms with Gasteiger partial charge in [0.05, 0.1) is 7.11 Å². The van der Waals surface area contributed by atoms with E-state index in [0.717, 1.165) is 5.75 Å². The zero-order chi connectivity index (χ0) is 11.4. The molecule has 1 aliphatic carbocycles. The second-order valence-corrected chi connectivity index (χ2v) is 4.65. The summed E-state index contributed by atoms with van der Waals surface area (Å²) in [5.41, 5.74) is 1.31. The predicted octanol–water partition coefficient (Wildman–Crippen LogP) is 3.29.